The molecule has 2 heterocycles. The first-order valence-electron chi connectivity index (χ1n) is 22.1. The largest absolute Gasteiger partial charge is 0.481 e. The van der Waals surface area contributed by atoms with E-state index in [1.165, 1.54) is 109 Å². The van der Waals surface area contributed by atoms with Crippen molar-refractivity contribution in [1.82, 2.24) is 9.55 Å². The zero-order valence-corrected chi connectivity index (χ0v) is 37.4. The molecular formula is C40H75N3O14P2. The summed E-state index contributed by atoms with van der Waals surface area (Å²) in [5, 5.41) is 20.8. The molecule has 1 saturated heterocycles. The number of esters is 1. The smallest absolute Gasteiger partial charge is 0.457 e. The van der Waals surface area contributed by atoms with Crippen LogP contribution in [-0.4, -0.2) is 86.4 Å². The molecule has 0 saturated carbocycles. The fourth-order valence-electron chi connectivity index (χ4n) is 6.79. The van der Waals surface area contributed by atoms with Gasteiger partial charge < -0.3 is 39.9 Å². The fraction of sp³-hybridized carbons (Fsp3) is 0.875. The topological polar surface area (TPSA) is 248 Å². The molecule has 19 heteroatoms. The lowest BCUT2D eigenvalue weighted by atomic mass is 10.0. The summed E-state index contributed by atoms with van der Waals surface area (Å²) in [6.07, 6.45) is 20.6. The minimum Gasteiger partial charge on any atom is -0.457 e. The third-order valence-corrected chi connectivity index (χ3v) is 12.8. The maximum atomic E-state index is 12.8. The van der Waals surface area contributed by atoms with Crippen molar-refractivity contribution in [2.24, 2.45) is 0 Å². The molecule has 1 aromatic heterocycles. The zero-order valence-electron chi connectivity index (χ0n) is 35.6. The molecule has 1 aliphatic rings. The SMILES string of the molecule is CCCCCCCCCCCCCCCCOCC(COP(=O)(O)OP(=O)(O)OC[C@H]1O[C@@H](n2ccc(N)nc2=O)[C@@H](O)[C@@H]1O)OC(=O)CCCCCCCCCCC. The van der Waals surface area contributed by atoms with Crippen LogP contribution in [0.2, 0.25) is 0 Å². The Balaban J connectivity index is 1.79. The van der Waals surface area contributed by atoms with E-state index in [1.807, 2.05) is 0 Å². The van der Waals surface area contributed by atoms with Crippen molar-refractivity contribution in [2.75, 3.05) is 32.2 Å². The molecule has 2 rings (SSSR count). The summed E-state index contributed by atoms with van der Waals surface area (Å²) in [5.41, 5.74) is 4.60. The van der Waals surface area contributed by atoms with Crippen LogP contribution in [0.4, 0.5) is 5.82 Å². The van der Waals surface area contributed by atoms with Crippen LogP contribution in [0.15, 0.2) is 17.1 Å². The van der Waals surface area contributed by atoms with Crippen LogP contribution in [0.1, 0.15) is 174 Å². The van der Waals surface area contributed by atoms with Gasteiger partial charge in [0.05, 0.1) is 19.8 Å². The van der Waals surface area contributed by atoms with Crippen molar-refractivity contribution in [1.29, 1.82) is 0 Å². The van der Waals surface area contributed by atoms with Crippen LogP contribution in [0.3, 0.4) is 0 Å². The van der Waals surface area contributed by atoms with Crippen LogP contribution in [-0.2, 0) is 41.5 Å². The number of phosphoric acid groups is 2. The number of hydrogen-bond donors (Lipinski definition) is 5. The number of aliphatic hydroxyl groups is 2. The summed E-state index contributed by atoms with van der Waals surface area (Å²) in [5.74, 6) is -0.612. The Morgan fingerprint density at radius 2 is 1.25 bits per heavy atom. The molecule has 59 heavy (non-hydrogen) atoms. The van der Waals surface area contributed by atoms with E-state index in [4.69, 9.17) is 29.0 Å². The number of phosphoric ester groups is 2. The van der Waals surface area contributed by atoms with Gasteiger partial charge in [0.15, 0.2) is 6.23 Å². The summed E-state index contributed by atoms with van der Waals surface area (Å²) >= 11 is 0. The normalized spacial score (nSPS) is 20.6. The lowest BCUT2D eigenvalue weighted by molar-refractivity contribution is -0.154. The summed E-state index contributed by atoms with van der Waals surface area (Å²) in [6.45, 7) is 3.08. The molecule has 0 aromatic carbocycles. The number of unbranched alkanes of at least 4 members (excludes halogenated alkanes) is 21. The van der Waals surface area contributed by atoms with Gasteiger partial charge in [-0.25, -0.2) is 13.9 Å². The quantitative estimate of drug-likeness (QED) is 0.0241. The zero-order chi connectivity index (χ0) is 43.4. The highest BCUT2D eigenvalue weighted by atomic mass is 31.3. The number of nitrogens with zero attached hydrogens (tertiary/aromatic N) is 2. The number of carbonyl (C=O) groups excluding carboxylic acids is 1. The second-order valence-corrected chi connectivity index (χ2v) is 18.6. The van der Waals surface area contributed by atoms with Crippen LogP contribution in [0, 0.1) is 0 Å². The molecule has 0 aliphatic carbocycles. The fourth-order valence-corrected chi connectivity index (χ4v) is 8.90. The number of aromatic nitrogens is 2. The van der Waals surface area contributed by atoms with Crippen LogP contribution in [0.5, 0.6) is 0 Å². The van der Waals surface area contributed by atoms with Gasteiger partial charge in [-0.15, -0.1) is 0 Å². The maximum absolute atomic E-state index is 12.8. The number of aliphatic hydroxyl groups excluding tert-OH is 2. The summed E-state index contributed by atoms with van der Waals surface area (Å²) < 4.78 is 57.2. The highest BCUT2D eigenvalue weighted by Crippen LogP contribution is 2.60. The molecule has 0 amide bonds. The van der Waals surface area contributed by atoms with Gasteiger partial charge in [0.25, 0.3) is 0 Å². The highest BCUT2D eigenvalue weighted by Gasteiger charge is 2.46. The predicted molar refractivity (Wildman–Crippen MR) is 224 cm³/mol. The Hall–Kier alpha value is -1.75. The standard InChI is InChI=1S/C40H75N3O14P2/c1-3-5-7-9-11-13-14-15-16-17-19-21-23-25-29-52-30-33(55-36(44)26-24-22-20-18-12-10-8-6-4-2)31-53-58(48,49)57-59(50,51)54-32-34-37(45)38(46)39(56-34)43-28-27-35(41)42-40(43)47/h27-28,33-34,37-39,45-46H,3-26,29-32H2,1-2H3,(H,48,49)(H,50,51)(H2,41,42,47)/t33?,34-,37-,38+,39-/m1/s1. The lowest BCUT2D eigenvalue weighted by Gasteiger charge is -2.21. The molecule has 0 bridgehead atoms. The first-order valence-corrected chi connectivity index (χ1v) is 25.1. The molecule has 6 N–H and O–H groups in total. The maximum Gasteiger partial charge on any atom is 0.481 e. The highest BCUT2D eigenvalue weighted by molar-refractivity contribution is 7.61. The third-order valence-electron chi connectivity index (χ3n) is 10.2. The summed E-state index contributed by atoms with van der Waals surface area (Å²) in [7, 11) is -10.6. The predicted octanol–water partition coefficient (Wildman–Crippen LogP) is 8.03. The van der Waals surface area contributed by atoms with E-state index >= 15 is 0 Å². The Morgan fingerprint density at radius 1 is 0.763 bits per heavy atom. The second kappa shape index (κ2) is 31.1. The van der Waals surface area contributed by atoms with E-state index in [1.54, 1.807) is 0 Å². The Bertz CT molecular complexity index is 1420. The molecule has 17 nitrogen and oxygen atoms in total. The molecule has 3 unspecified atom stereocenters. The van der Waals surface area contributed by atoms with Crippen molar-refractivity contribution >= 4 is 27.4 Å². The number of nitrogen functional groups attached to an aromatic ring is 1. The van der Waals surface area contributed by atoms with Crippen molar-refractivity contribution < 1.29 is 61.5 Å². The number of hydrogen-bond acceptors (Lipinski definition) is 14. The van der Waals surface area contributed by atoms with E-state index in [0.29, 0.717) is 13.0 Å². The van der Waals surface area contributed by atoms with Gasteiger partial charge >= 0.3 is 27.3 Å². The van der Waals surface area contributed by atoms with Crippen molar-refractivity contribution in [2.45, 2.75) is 199 Å². The van der Waals surface area contributed by atoms with Crippen LogP contribution < -0.4 is 11.4 Å². The van der Waals surface area contributed by atoms with Gasteiger partial charge in [-0.1, -0.05) is 149 Å². The molecule has 0 spiro atoms. The molecule has 1 aliphatic heterocycles. The molecule has 344 valence electrons. The lowest BCUT2D eigenvalue weighted by Crippen LogP contribution is -2.36. The van der Waals surface area contributed by atoms with Crippen molar-refractivity contribution in [3.63, 3.8) is 0 Å². The van der Waals surface area contributed by atoms with E-state index < -0.39 is 71.2 Å². The minimum absolute atomic E-state index is 0.0838. The Labute approximate surface area is 351 Å². The average molecular weight is 884 g/mol. The number of nitrogens with two attached hydrogens (primary N) is 1. The van der Waals surface area contributed by atoms with Gasteiger partial charge in [-0.05, 0) is 18.9 Å². The third kappa shape index (κ3) is 24.5. The number of anilines is 1. The van der Waals surface area contributed by atoms with Gasteiger partial charge in [0, 0.05) is 19.2 Å². The summed E-state index contributed by atoms with van der Waals surface area (Å²) in [6, 6.07) is 1.26. The molecule has 1 aromatic rings. The number of ether oxygens (including phenoxy) is 3. The first-order chi connectivity index (χ1) is 28.3. The van der Waals surface area contributed by atoms with E-state index in [-0.39, 0.29) is 18.8 Å². The van der Waals surface area contributed by atoms with Crippen LogP contribution in [0.25, 0.3) is 0 Å². The van der Waals surface area contributed by atoms with Crippen molar-refractivity contribution in [3.8, 4) is 0 Å². The monoisotopic (exact) mass is 883 g/mol. The average Bonchev–Trinajstić information content (AvgIpc) is 3.46. The number of rotatable bonds is 37. The van der Waals surface area contributed by atoms with Gasteiger partial charge in [0.2, 0.25) is 0 Å². The van der Waals surface area contributed by atoms with Gasteiger partial charge in [-0.2, -0.15) is 9.29 Å². The minimum atomic E-state index is -5.34. The summed E-state index contributed by atoms with van der Waals surface area (Å²) in [4.78, 5) is 48.9. The van der Waals surface area contributed by atoms with Gasteiger partial charge in [-0.3, -0.25) is 18.4 Å². The van der Waals surface area contributed by atoms with Crippen LogP contribution >= 0.6 is 15.6 Å². The van der Waals surface area contributed by atoms with E-state index in [9.17, 15) is 38.7 Å². The van der Waals surface area contributed by atoms with E-state index in [0.717, 1.165) is 49.5 Å². The molecule has 0 radical (unpaired) electrons. The Morgan fingerprint density at radius 3 is 1.78 bits per heavy atom. The Kier molecular flexibility index (Phi) is 28.2. The second-order valence-electron chi connectivity index (χ2n) is 15.6. The molecular weight excluding hydrogens is 808 g/mol. The molecule has 7 atom stereocenters. The van der Waals surface area contributed by atoms with Crippen molar-refractivity contribution in [3.05, 3.63) is 22.7 Å². The number of carbonyl (C=O) groups is 1. The van der Waals surface area contributed by atoms with Gasteiger partial charge in [0.1, 0.15) is 30.2 Å². The van der Waals surface area contributed by atoms with E-state index in [2.05, 4.69) is 23.1 Å². The molecule has 1 fully saturated rings. The first kappa shape index (κ1) is 53.4.